The van der Waals surface area contributed by atoms with Crippen LogP contribution in [0.1, 0.15) is 42.6 Å². The van der Waals surface area contributed by atoms with Crippen LogP contribution in [0.15, 0.2) is 70.2 Å². The lowest BCUT2D eigenvalue weighted by atomic mass is 10.1. The number of hydrogen-bond donors (Lipinski definition) is 2. The molecular formula is C26H26ClN5O7S. The summed E-state index contributed by atoms with van der Waals surface area (Å²) in [6.07, 6.45) is 1.48. The van der Waals surface area contributed by atoms with E-state index in [-0.39, 0.29) is 29.4 Å². The summed E-state index contributed by atoms with van der Waals surface area (Å²) in [5, 5.41) is 19.1. The predicted octanol–water partition coefficient (Wildman–Crippen LogP) is 5.13. The van der Waals surface area contributed by atoms with E-state index in [9.17, 15) is 23.3 Å². The Bertz CT molecular complexity index is 1660. The van der Waals surface area contributed by atoms with E-state index in [0.29, 0.717) is 16.5 Å². The van der Waals surface area contributed by atoms with Crippen LogP contribution in [0.2, 0.25) is 5.02 Å². The zero-order chi connectivity index (χ0) is 29.2. The van der Waals surface area contributed by atoms with Gasteiger partial charge in [0, 0.05) is 28.3 Å². The number of aromatic nitrogens is 2. The quantitative estimate of drug-likeness (QED) is 0.201. The molecule has 0 unspecified atom stereocenters. The first kappa shape index (κ1) is 28.8. The molecule has 0 saturated carbocycles. The smallest absolute Gasteiger partial charge is 0.272 e. The Morgan fingerprint density at radius 1 is 1.18 bits per heavy atom. The number of nitrogens with one attached hydrogen (secondary N) is 2. The molecule has 0 atom stereocenters. The lowest BCUT2D eigenvalue weighted by Gasteiger charge is -2.21. The van der Waals surface area contributed by atoms with Crippen molar-refractivity contribution in [1.29, 1.82) is 0 Å². The first-order valence-corrected chi connectivity index (χ1v) is 13.8. The number of rotatable bonds is 9. The van der Waals surface area contributed by atoms with Gasteiger partial charge < -0.3 is 14.5 Å². The van der Waals surface area contributed by atoms with Gasteiger partial charge in [0.05, 0.1) is 23.4 Å². The highest BCUT2D eigenvalue weighted by molar-refractivity contribution is 7.89. The van der Waals surface area contributed by atoms with Gasteiger partial charge in [0.2, 0.25) is 15.9 Å². The number of ether oxygens (including phenoxy) is 1. The normalized spacial score (nSPS) is 11.8. The Morgan fingerprint density at radius 3 is 2.48 bits per heavy atom. The third kappa shape index (κ3) is 6.50. The molecule has 0 saturated heterocycles. The Hall–Kier alpha value is -4.20. The van der Waals surface area contributed by atoms with Crippen molar-refractivity contribution < 1.29 is 27.3 Å². The molecule has 2 aromatic carbocycles. The largest absolute Gasteiger partial charge is 0.467 e. The molecule has 2 heterocycles. The first-order chi connectivity index (χ1) is 18.7. The topological polar surface area (TPSA) is 159 Å². The summed E-state index contributed by atoms with van der Waals surface area (Å²) in [7, 11) is -4.28. The summed E-state index contributed by atoms with van der Waals surface area (Å²) in [4.78, 5) is 23.4. The number of carbonyl (C=O) groups excluding carboxylic acids is 1. The Kier molecular flexibility index (Phi) is 8.00. The number of sulfonamides is 1. The zero-order valence-corrected chi connectivity index (χ0v) is 23.5. The highest BCUT2D eigenvalue weighted by Crippen LogP contribution is 2.36. The van der Waals surface area contributed by atoms with Crippen LogP contribution in [0.4, 0.5) is 5.69 Å². The maximum absolute atomic E-state index is 13.3. The number of amides is 1. The fourth-order valence-electron chi connectivity index (χ4n) is 3.70. The molecule has 0 radical (unpaired) electrons. The number of hydrogen-bond acceptors (Lipinski definition) is 8. The molecule has 2 aromatic heterocycles. The van der Waals surface area contributed by atoms with Crippen LogP contribution >= 0.6 is 11.6 Å². The van der Waals surface area contributed by atoms with E-state index in [1.165, 1.54) is 17.0 Å². The molecular weight excluding hydrogens is 562 g/mol. The summed E-state index contributed by atoms with van der Waals surface area (Å²) in [5.74, 6) is -0.182. The van der Waals surface area contributed by atoms with Crippen molar-refractivity contribution >= 4 is 33.2 Å². The van der Waals surface area contributed by atoms with Crippen molar-refractivity contribution in [3.8, 4) is 17.3 Å². The molecule has 0 spiro atoms. The van der Waals surface area contributed by atoms with Gasteiger partial charge in [-0.05, 0) is 70.2 Å². The molecule has 40 heavy (non-hydrogen) atoms. The Morgan fingerprint density at radius 2 is 1.88 bits per heavy atom. The van der Waals surface area contributed by atoms with Gasteiger partial charge in [0.1, 0.15) is 16.4 Å². The number of nitro benzene ring substituents is 1. The first-order valence-electron chi connectivity index (χ1n) is 11.9. The van der Waals surface area contributed by atoms with Gasteiger partial charge >= 0.3 is 0 Å². The summed E-state index contributed by atoms with van der Waals surface area (Å²) < 4.78 is 41.8. The average Bonchev–Trinajstić information content (AvgIpc) is 3.50. The summed E-state index contributed by atoms with van der Waals surface area (Å²) in [6, 6.07) is 13.1. The van der Waals surface area contributed by atoms with Gasteiger partial charge in [0.15, 0.2) is 5.69 Å². The van der Waals surface area contributed by atoms with Crippen LogP contribution < -0.4 is 14.8 Å². The second-order valence-corrected chi connectivity index (χ2v) is 11.9. The third-order valence-corrected chi connectivity index (χ3v) is 7.46. The molecule has 4 rings (SSSR count). The van der Waals surface area contributed by atoms with Crippen molar-refractivity contribution in [3.05, 3.63) is 93.0 Å². The number of furan rings is 1. The standard InChI is InChI=1S/C26H26ClN5O7S/c1-16-23(24(33)28-15-20-6-5-13-38-20)29-31(18-9-7-17(27)8-10-18)25(16)39-21-12-11-19(32(34)35)14-22(21)40(36,37)30-26(2,3)4/h5-14,30H,15H2,1-4H3,(H,28,33). The second-order valence-electron chi connectivity index (χ2n) is 9.77. The molecule has 0 aliphatic heterocycles. The molecule has 1 amide bonds. The highest BCUT2D eigenvalue weighted by atomic mass is 35.5. The molecule has 210 valence electrons. The van der Waals surface area contributed by atoms with Crippen LogP contribution in [0.3, 0.4) is 0 Å². The Balaban J connectivity index is 1.82. The van der Waals surface area contributed by atoms with E-state index in [1.54, 1.807) is 64.1 Å². The minimum Gasteiger partial charge on any atom is -0.467 e. The SMILES string of the molecule is Cc1c(C(=O)NCc2ccco2)nn(-c2ccc(Cl)cc2)c1Oc1ccc([N+](=O)[O-])cc1S(=O)(=O)NC(C)(C)C. The molecule has 12 nitrogen and oxygen atoms in total. The zero-order valence-electron chi connectivity index (χ0n) is 22.0. The number of non-ortho nitro benzene ring substituents is 1. The van der Waals surface area contributed by atoms with Gasteiger partial charge in [-0.3, -0.25) is 14.9 Å². The lowest BCUT2D eigenvalue weighted by Crippen LogP contribution is -2.40. The van der Waals surface area contributed by atoms with Crippen molar-refractivity contribution in [3.63, 3.8) is 0 Å². The van der Waals surface area contributed by atoms with Gasteiger partial charge in [-0.25, -0.2) is 13.1 Å². The fraction of sp³-hybridized carbons (Fsp3) is 0.231. The van der Waals surface area contributed by atoms with Crippen LogP contribution in [-0.2, 0) is 16.6 Å². The predicted molar refractivity (Wildman–Crippen MR) is 146 cm³/mol. The number of carbonyl (C=O) groups is 1. The van der Waals surface area contributed by atoms with Crippen molar-refractivity contribution in [2.75, 3.05) is 0 Å². The second kappa shape index (κ2) is 11.1. The van der Waals surface area contributed by atoms with Gasteiger partial charge in [-0.1, -0.05) is 11.6 Å². The molecule has 14 heteroatoms. The summed E-state index contributed by atoms with van der Waals surface area (Å²) >= 11 is 6.05. The van der Waals surface area contributed by atoms with Crippen LogP contribution in [0.5, 0.6) is 11.6 Å². The third-order valence-electron chi connectivity index (χ3n) is 5.43. The van der Waals surface area contributed by atoms with E-state index in [4.69, 9.17) is 20.8 Å². The van der Waals surface area contributed by atoms with Crippen molar-refractivity contribution in [2.45, 2.75) is 44.7 Å². The number of nitro groups is 1. The van der Waals surface area contributed by atoms with Crippen LogP contribution in [-0.4, -0.2) is 34.6 Å². The maximum atomic E-state index is 13.3. The van der Waals surface area contributed by atoms with Gasteiger partial charge in [0.25, 0.3) is 11.6 Å². The molecule has 0 aliphatic carbocycles. The average molecular weight is 588 g/mol. The van der Waals surface area contributed by atoms with E-state index >= 15 is 0 Å². The van der Waals surface area contributed by atoms with E-state index in [2.05, 4.69) is 15.1 Å². The lowest BCUT2D eigenvalue weighted by molar-refractivity contribution is -0.385. The maximum Gasteiger partial charge on any atom is 0.272 e. The molecule has 0 aliphatic rings. The summed E-state index contributed by atoms with van der Waals surface area (Å²) in [5.41, 5.74) is -0.566. The highest BCUT2D eigenvalue weighted by Gasteiger charge is 2.30. The molecule has 0 bridgehead atoms. The van der Waals surface area contributed by atoms with E-state index in [0.717, 1.165) is 12.1 Å². The molecule has 0 fully saturated rings. The van der Waals surface area contributed by atoms with E-state index < -0.39 is 37.0 Å². The fourth-order valence-corrected chi connectivity index (χ4v) is 5.40. The monoisotopic (exact) mass is 587 g/mol. The molecule has 4 aromatic rings. The summed E-state index contributed by atoms with van der Waals surface area (Å²) in [6.45, 7) is 6.60. The van der Waals surface area contributed by atoms with Gasteiger partial charge in [-0.2, -0.15) is 9.78 Å². The van der Waals surface area contributed by atoms with Crippen LogP contribution in [0.25, 0.3) is 5.69 Å². The minimum absolute atomic E-state index is 0.00985. The van der Waals surface area contributed by atoms with Crippen molar-refractivity contribution in [2.24, 2.45) is 0 Å². The van der Waals surface area contributed by atoms with Crippen molar-refractivity contribution in [1.82, 2.24) is 19.8 Å². The number of nitrogens with zero attached hydrogens (tertiary/aromatic N) is 3. The number of halogens is 1. The minimum atomic E-state index is -4.28. The molecule has 2 N–H and O–H groups in total. The van der Waals surface area contributed by atoms with Gasteiger partial charge in [-0.15, -0.1) is 0 Å². The van der Waals surface area contributed by atoms with E-state index in [1.807, 2.05) is 0 Å². The van der Waals surface area contributed by atoms with Crippen LogP contribution in [0, 0.1) is 17.0 Å². The Labute approximate surface area is 235 Å². The number of benzene rings is 2.